The zero-order chi connectivity index (χ0) is 41.7. The van der Waals surface area contributed by atoms with Crippen molar-refractivity contribution in [3.8, 4) is 51.0 Å². The molecule has 0 N–H and O–H groups in total. The molecule has 0 bridgehead atoms. The summed E-state index contributed by atoms with van der Waals surface area (Å²) in [5.74, 6) is -0.722. The highest BCUT2D eigenvalue weighted by Gasteiger charge is 2.18. The van der Waals surface area contributed by atoms with Crippen molar-refractivity contribution in [1.82, 2.24) is 19.5 Å². The molecule has 0 amide bonds. The molecule has 3 aromatic heterocycles. The number of furan rings is 1. The first kappa shape index (κ1) is 19.8. The zero-order valence-electron chi connectivity index (χ0n) is 36.1. The minimum absolute atomic E-state index is 0.0452. The fourth-order valence-electron chi connectivity index (χ4n) is 6.65. The van der Waals surface area contributed by atoms with Crippen LogP contribution in [0.3, 0.4) is 0 Å². The Balaban J connectivity index is 1.16. The summed E-state index contributed by atoms with van der Waals surface area (Å²) in [6.07, 6.45) is 0. The molecule has 0 aliphatic carbocycles. The molecule has 234 valence electrons. The lowest BCUT2D eigenvalue weighted by molar-refractivity contribution is 0.669. The number of fused-ring (bicyclic) bond motifs is 6. The largest absolute Gasteiger partial charge is 0.456 e. The average molecular weight is 651 g/mol. The van der Waals surface area contributed by atoms with Crippen LogP contribution < -0.4 is 0 Å². The quantitative estimate of drug-likeness (QED) is 0.186. The molecule has 7 aromatic carbocycles. The van der Waals surface area contributed by atoms with Crippen LogP contribution in [0, 0.1) is 0 Å². The van der Waals surface area contributed by atoms with Gasteiger partial charge in [-0.3, -0.25) is 0 Å². The van der Waals surface area contributed by atoms with E-state index in [0.717, 1.165) is 49.4 Å². The standard InChI is InChI=1S/C45H28N4O/c1-4-13-29(14-5-1)34-20-12-22-39-42(34)36-19-10-11-21-38(36)49(39)33-24-26-40-37(28-33)35-25-23-32(27-41(35)50-40)45-47-43(30-15-6-2-7-16-30)46-44(48-45)31-17-8-3-9-18-31/h1-28H/i2D,3D,6D,7D,8D,9D,15D,16D,17D,18D. The van der Waals surface area contributed by atoms with E-state index in [-0.39, 0.29) is 28.6 Å². The Morgan fingerprint density at radius 2 is 1.12 bits per heavy atom. The number of aromatic nitrogens is 4. The summed E-state index contributed by atoms with van der Waals surface area (Å²) in [4.78, 5) is 13.5. The first-order valence-electron chi connectivity index (χ1n) is 20.9. The van der Waals surface area contributed by atoms with Crippen LogP contribution in [-0.4, -0.2) is 19.5 Å². The zero-order valence-corrected chi connectivity index (χ0v) is 26.1. The highest BCUT2D eigenvalue weighted by molar-refractivity contribution is 6.16. The molecule has 0 fully saturated rings. The third-order valence-corrected chi connectivity index (χ3v) is 8.84. The molecule has 0 aliphatic heterocycles. The minimum Gasteiger partial charge on any atom is -0.456 e. The van der Waals surface area contributed by atoms with E-state index in [1.807, 2.05) is 48.5 Å². The molecular formula is C45H28N4O. The van der Waals surface area contributed by atoms with Crippen LogP contribution in [0.4, 0.5) is 0 Å². The Labute approximate surface area is 301 Å². The summed E-state index contributed by atoms with van der Waals surface area (Å²) in [5, 5.41) is 3.89. The third-order valence-electron chi connectivity index (χ3n) is 8.84. The van der Waals surface area contributed by atoms with Crippen LogP contribution in [0.15, 0.2) is 174 Å². The molecule has 3 heterocycles. The molecule has 0 unspecified atom stereocenters. The Hall–Kier alpha value is -6.85. The molecule has 10 aromatic rings. The number of hydrogen-bond acceptors (Lipinski definition) is 4. The van der Waals surface area contributed by atoms with Gasteiger partial charge in [0.05, 0.1) is 24.7 Å². The maximum atomic E-state index is 8.63. The van der Waals surface area contributed by atoms with Gasteiger partial charge in [-0.15, -0.1) is 0 Å². The van der Waals surface area contributed by atoms with Gasteiger partial charge in [-0.25, -0.2) is 15.0 Å². The van der Waals surface area contributed by atoms with Gasteiger partial charge in [-0.05, 0) is 53.6 Å². The van der Waals surface area contributed by atoms with Crippen molar-refractivity contribution in [1.29, 1.82) is 0 Å². The van der Waals surface area contributed by atoms with E-state index in [1.54, 1.807) is 12.1 Å². The molecule has 0 atom stereocenters. The maximum Gasteiger partial charge on any atom is 0.164 e. The molecule has 5 nitrogen and oxygen atoms in total. The van der Waals surface area contributed by atoms with E-state index < -0.39 is 60.4 Å². The van der Waals surface area contributed by atoms with Gasteiger partial charge in [0.2, 0.25) is 0 Å². The van der Waals surface area contributed by atoms with Crippen molar-refractivity contribution in [2.45, 2.75) is 0 Å². The molecule has 5 heteroatoms. The molecule has 0 saturated carbocycles. The predicted octanol–water partition coefficient (Wildman–Crippen LogP) is 11.5. The molecule has 0 spiro atoms. The van der Waals surface area contributed by atoms with Gasteiger partial charge in [0, 0.05) is 43.9 Å². The van der Waals surface area contributed by atoms with Gasteiger partial charge in [0.15, 0.2) is 17.5 Å². The summed E-state index contributed by atoms with van der Waals surface area (Å²) in [6.45, 7) is 0. The van der Waals surface area contributed by atoms with Crippen LogP contribution >= 0.6 is 0 Å². The van der Waals surface area contributed by atoms with Crippen LogP contribution in [0.2, 0.25) is 0 Å². The van der Waals surface area contributed by atoms with Crippen molar-refractivity contribution in [2.24, 2.45) is 0 Å². The van der Waals surface area contributed by atoms with Crippen LogP contribution in [0.25, 0.3) is 94.7 Å². The molecule has 0 aliphatic rings. The third kappa shape index (κ3) is 4.60. The Morgan fingerprint density at radius 3 is 1.86 bits per heavy atom. The molecule has 50 heavy (non-hydrogen) atoms. The predicted molar refractivity (Wildman–Crippen MR) is 203 cm³/mol. The van der Waals surface area contributed by atoms with Gasteiger partial charge in [-0.2, -0.15) is 0 Å². The summed E-state index contributed by atoms with van der Waals surface area (Å²) in [5.41, 5.74) is 6.07. The Kier molecular flexibility index (Phi) is 4.52. The van der Waals surface area contributed by atoms with E-state index in [0.29, 0.717) is 16.7 Å². The van der Waals surface area contributed by atoms with Crippen molar-refractivity contribution in [2.75, 3.05) is 0 Å². The number of rotatable bonds is 5. The molecular weight excluding hydrogens is 613 g/mol. The molecule has 0 saturated heterocycles. The van der Waals surface area contributed by atoms with E-state index in [9.17, 15) is 0 Å². The first-order valence-corrected chi connectivity index (χ1v) is 15.9. The number of benzene rings is 7. The van der Waals surface area contributed by atoms with Crippen LogP contribution in [-0.2, 0) is 0 Å². The van der Waals surface area contributed by atoms with E-state index in [1.165, 1.54) is 0 Å². The number of para-hydroxylation sites is 1. The van der Waals surface area contributed by atoms with E-state index in [2.05, 4.69) is 68.0 Å². The van der Waals surface area contributed by atoms with Crippen molar-refractivity contribution >= 4 is 43.7 Å². The minimum atomic E-state index is -0.613. The second kappa shape index (κ2) is 11.4. The SMILES string of the molecule is [2H]c1c([2H])c([2H])c(-c2nc(-c3ccc4c(c3)oc3ccc(-n5c6ccccc6c6c(-c7ccccc7)cccc65)cc34)nc(-c3c([2H])c([2H])c([2H])c([2H])c3[2H])n2)c([2H])c1[2H]. The van der Waals surface area contributed by atoms with E-state index in [4.69, 9.17) is 18.1 Å². The molecule has 0 radical (unpaired) electrons. The second-order valence-corrected chi connectivity index (χ2v) is 11.7. The number of hydrogen-bond donors (Lipinski definition) is 0. The van der Waals surface area contributed by atoms with Gasteiger partial charge in [0.1, 0.15) is 11.2 Å². The lowest BCUT2D eigenvalue weighted by Gasteiger charge is -2.09. The fourth-order valence-corrected chi connectivity index (χ4v) is 6.65. The topological polar surface area (TPSA) is 56.7 Å². The average Bonchev–Trinajstić information content (AvgIpc) is 3.81. The smallest absolute Gasteiger partial charge is 0.164 e. The summed E-state index contributed by atoms with van der Waals surface area (Å²) >= 11 is 0. The highest BCUT2D eigenvalue weighted by Crippen LogP contribution is 2.40. The van der Waals surface area contributed by atoms with Crippen molar-refractivity contribution in [3.05, 3.63) is 170 Å². The monoisotopic (exact) mass is 650 g/mol. The summed E-state index contributed by atoms with van der Waals surface area (Å²) in [7, 11) is 0. The van der Waals surface area contributed by atoms with Crippen LogP contribution in [0.1, 0.15) is 13.7 Å². The van der Waals surface area contributed by atoms with Gasteiger partial charge in [-0.1, -0.05) is 127 Å². The van der Waals surface area contributed by atoms with Gasteiger partial charge < -0.3 is 8.98 Å². The number of nitrogens with zero attached hydrogens (tertiary/aromatic N) is 4. The summed E-state index contributed by atoms with van der Waals surface area (Å²) < 4.78 is 92.5. The van der Waals surface area contributed by atoms with Crippen molar-refractivity contribution < 1.29 is 18.1 Å². The van der Waals surface area contributed by atoms with Crippen molar-refractivity contribution in [3.63, 3.8) is 0 Å². The van der Waals surface area contributed by atoms with Gasteiger partial charge >= 0.3 is 0 Å². The maximum absolute atomic E-state index is 8.63. The lowest BCUT2D eigenvalue weighted by Crippen LogP contribution is -2.00. The lowest BCUT2D eigenvalue weighted by atomic mass is 9.99. The van der Waals surface area contributed by atoms with Crippen LogP contribution in [0.5, 0.6) is 0 Å². The first-order chi connectivity index (χ1) is 28.9. The fraction of sp³-hybridized carbons (Fsp3) is 0. The molecule has 10 rings (SSSR count). The normalized spacial score (nSPS) is 14.4. The second-order valence-electron chi connectivity index (χ2n) is 11.7. The van der Waals surface area contributed by atoms with Gasteiger partial charge in [0.25, 0.3) is 0 Å². The van der Waals surface area contributed by atoms with E-state index >= 15 is 0 Å². The summed E-state index contributed by atoms with van der Waals surface area (Å²) in [6, 6.07) is 30.3. The Bertz CT molecular complexity index is 3310. The Morgan fingerprint density at radius 1 is 0.460 bits per heavy atom. The highest BCUT2D eigenvalue weighted by atomic mass is 16.3.